The molecule has 110 valence electrons. The molecular weight excluding hydrogens is 267 g/mol. The number of methoxy groups -OCH3 is 1. The fourth-order valence-corrected chi connectivity index (χ4v) is 2.80. The molecule has 0 bridgehead atoms. The second kappa shape index (κ2) is 5.87. The summed E-state index contributed by atoms with van der Waals surface area (Å²) in [7, 11) is 1.47. The van der Waals surface area contributed by atoms with Crippen molar-refractivity contribution in [2.24, 2.45) is 5.92 Å². The summed E-state index contributed by atoms with van der Waals surface area (Å²) in [5, 5.41) is 18.6. The first-order chi connectivity index (χ1) is 9.49. The lowest BCUT2D eigenvalue weighted by Gasteiger charge is -2.21. The Morgan fingerprint density at radius 1 is 1.50 bits per heavy atom. The third-order valence-electron chi connectivity index (χ3n) is 3.72. The molecule has 6 heteroatoms. The lowest BCUT2D eigenvalue weighted by atomic mass is 9.82. The zero-order chi connectivity index (χ0) is 14.9. The number of halogens is 1. The number of carboxylic acid groups (broad SMARTS) is 1. The van der Waals surface area contributed by atoms with Crippen LogP contribution in [0.1, 0.15) is 28.8 Å². The molecule has 1 aliphatic heterocycles. The van der Waals surface area contributed by atoms with Crippen molar-refractivity contribution in [3.05, 3.63) is 35.1 Å². The molecule has 0 aliphatic carbocycles. The Kier molecular flexibility index (Phi) is 4.37. The van der Waals surface area contributed by atoms with E-state index >= 15 is 0 Å². The molecule has 0 saturated carbocycles. The Morgan fingerprint density at radius 3 is 2.75 bits per heavy atom. The van der Waals surface area contributed by atoms with Gasteiger partial charge in [-0.25, -0.2) is 9.18 Å². The number of hydrogen-bond acceptors (Lipinski definition) is 4. The average Bonchev–Trinajstić information content (AvgIpc) is 2.74. The molecule has 0 spiro atoms. The van der Waals surface area contributed by atoms with Gasteiger partial charge in [-0.05, 0) is 23.8 Å². The van der Waals surface area contributed by atoms with E-state index in [0.29, 0.717) is 5.56 Å². The summed E-state index contributed by atoms with van der Waals surface area (Å²) in [4.78, 5) is 11.3. The Hall–Kier alpha value is -1.50. The third kappa shape index (κ3) is 2.54. The molecule has 0 aromatic heterocycles. The predicted octanol–water partition coefficient (Wildman–Crippen LogP) is 1.61. The molecule has 4 atom stereocenters. The Labute approximate surface area is 115 Å². The summed E-state index contributed by atoms with van der Waals surface area (Å²) in [6.45, 7) is 1.54. The van der Waals surface area contributed by atoms with E-state index in [9.17, 15) is 19.4 Å². The molecule has 2 rings (SSSR count). The van der Waals surface area contributed by atoms with Gasteiger partial charge in [0.2, 0.25) is 0 Å². The van der Waals surface area contributed by atoms with Crippen LogP contribution in [-0.2, 0) is 9.47 Å². The van der Waals surface area contributed by atoms with E-state index < -0.39 is 30.1 Å². The number of aliphatic hydroxyl groups excluding tert-OH is 1. The molecular formula is C14H17FO5. The van der Waals surface area contributed by atoms with Gasteiger partial charge in [0, 0.05) is 18.9 Å². The van der Waals surface area contributed by atoms with Crippen molar-refractivity contribution in [2.75, 3.05) is 13.7 Å². The maximum absolute atomic E-state index is 13.5. The van der Waals surface area contributed by atoms with Crippen molar-refractivity contribution in [3.63, 3.8) is 0 Å². The summed E-state index contributed by atoms with van der Waals surface area (Å²) in [6, 6.07) is 3.53. The van der Waals surface area contributed by atoms with Crippen LogP contribution in [0.5, 0.6) is 0 Å². The van der Waals surface area contributed by atoms with Crippen molar-refractivity contribution < 1.29 is 28.9 Å². The fraction of sp³-hybridized carbons (Fsp3) is 0.500. The van der Waals surface area contributed by atoms with Gasteiger partial charge in [-0.15, -0.1) is 0 Å². The van der Waals surface area contributed by atoms with Crippen molar-refractivity contribution in [3.8, 4) is 0 Å². The van der Waals surface area contributed by atoms with Gasteiger partial charge in [-0.3, -0.25) is 0 Å². The van der Waals surface area contributed by atoms with Crippen molar-refractivity contribution in [2.45, 2.75) is 25.2 Å². The van der Waals surface area contributed by atoms with Crippen molar-refractivity contribution in [1.82, 2.24) is 0 Å². The number of rotatable bonds is 4. The standard InChI is InChI=1S/C14H17FO5/c1-7-12(11(6-16)20-14(7)19-2)10-5-8(15)3-4-9(10)13(17)18/h3-5,7,11-12,14,16H,6H2,1-2H3,(H,17,18)/t7-,11+,12-,14?/m1/s1. The van der Waals surface area contributed by atoms with Gasteiger partial charge in [-0.1, -0.05) is 6.92 Å². The zero-order valence-corrected chi connectivity index (χ0v) is 11.2. The first-order valence-corrected chi connectivity index (χ1v) is 6.31. The lowest BCUT2D eigenvalue weighted by Crippen LogP contribution is -2.23. The number of aliphatic hydroxyl groups is 1. The Balaban J connectivity index is 2.48. The number of carboxylic acids is 1. The highest BCUT2D eigenvalue weighted by molar-refractivity contribution is 5.89. The summed E-state index contributed by atoms with van der Waals surface area (Å²) < 4.78 is 24.2. The molecule has 1 aromatic rings. The monoisotopic (exact) mass is 284 g/mol. The van der Waals surface area contributed by atoms with Gasteiger partial charge in [-0.2, -0.15) is 0 Å². The van der Waals surface area contributed by atoms with Crippen LogP contribution in [0.4, 0.5) is 4.39 Å². The van der Waals surface area contributed by atoms with Crippen LogP contribution < -0.4 is 0 Å². The molecule has 1 aromatic carbocycles. The van der Waals surface area contributed by atoms with Crippen molar-refractivity contribution >= 4 is 5.97 Å². The van der Waals surface area contributed by atoms with Gasteiger partial charge in [0.1, 0.15) is 5.82 Å². The van der Waals surface area contributed by atoms with Crippen LogP contribution in [0.15, 0.2) is 18.2 Å². The molecule has 20 heavy (non-hydrogen) atoms. The lowest BCUT2D eigenvalue weighted by molar-refractivity contribution is -0.136. The predicted molar refractivity (Wildman–Crippen MR) is 68.0 cm³/mol. The third-order valence-corrected chi connectivity index (χ3v) is 3.72. The number of benzene rings is 1. The molecule has 1 heterocycles. The summed E-state index contributed by atoms with van der Waals surface area (Å²) in [6.07, 6.45) is -1.17. The van der Waals surface area contributed by atoms with Crippen LogP contribution in [0.25, 0.3) is 0 Å². The van der Waals surface area contributed by atoms with E-state index in [1.807, 2.05) is 6.92 Å². The zero-order valence-electron chi connectivity index (χ0n) is 11.2. The maximum atomic E-state index is 13.5. The van der Waals surface area contributed by atoms with E-state index in [1.165, 1.54) is 19.2 Å². The minimum absolute atomic E-state index is 0.0158. The quantitative estimate of drug-likeness (QED) is 0.878. The van der Waals surface area contributed by atoms with Crippen LogP contribution in [0.2, 0.25) is 0 Å². The molecule has 1 aliphatic rings. The van der Waals surface area contributed by atoms with Gasteiger partial charge in [0.25, 0.3) is 0 Å². The first kappa shape index (κ1) is 14.9. The molecule has 5 nitrogen and oxygen atoms in total. The minimum atomic E-state index is -1.13. The highest BCUT2D eigenvalue weighted by Gasteiger charge is 2.44. The number of carbonyl (C=O) groups is 1. The highest BCUT2D eigenvalue weighted by Crippen LogP contribution is 2.41. The van der Waals surface area contributed by atoms with E-state index in [2.05, 4.69) is 0 Å². The van der Waals surface area contributed by atoms with Crippen LogP contribution in [0.3, 0.4) is 0 Å². The summed E-state index contributed by atoms with van der Waals surface area (Å²) in [5.41, 5.74) is 0.339. The maximum Gasteiger partial charge on any atom is 0.335 e. The largest absolute Gasteiger partial charge is 0.478 e. The van der Waals surface area contributed by atoms with Gasteiger partial charge in [0.15, 0.2) is 6.29 Å². The van der Waals surface area contributed by atoms with E-state index in [4.69, 9.17) is 9.47 Å². The van der Waals surface area contributed by atoms with Crippen LogP contribution in [0, 0.1) is 11.7 Å². The second-order valence-corrected chi connectivity index (χ2v) is 4.88. The fourth-order valence-electron chi connectivity index (χ4n) is 2.80. The van der Waals surface area contributed by atoms with Crippen LogP contribution >= 0.6 is 0 Å². The van der Waals surface area contributed by atoms with Gasteiger partial charge < -0.3 is 19.7 Å². The molecule has 1 unspecified atom stereocenters. The number of aromatic carboxylic acids is 1. The molecule has 0 radical (unpaired) electrons. The van der Waals surface area contributed by atoms with Gasteiger partial charge in [0.05, 0.1) is 18.3 Å². The second-order valence-electron chi connectivity index (χ2n) is 4.88. The molecule has 2 N–H and O–H groups in total. The normalized spacial score (nSPS) is 29.6. The summed E-state index contributed by atoms with van der Waals surface area (Å²) in [5.74, 6) is -2.29. The Morgan fingerprint density at radius 2 is 2.20 bits per heavy atom. The Bertz CT molecular complexity index is 502. The van der Waals surface area contributed by atoms with Crippen LogP contribution in [-0.4, -0.2) is 42.3 Å². The number of ether oxygens (including phenoxy) is 2. The van der Waals surface area contributed by atoms with E-state index in [-0.39, 0.29) is 18.1 Å². The minimum Gasteiger partial charge on any atom is -0.478 e. The molecule has 1 saturated heterocycles. The first-order valence-electron chi connectivity index (χ1n) is 6.31. The van der Waals surface area contributed by atoms with Crippen molar-refractivity contribution in [1.29, 1.82) is 0 Å². The van der Waals surface area contributed by atoms with Gasteiger partial charge >= 0.3 is 5.97 Å². The highest BCUT2D eigenvalue weighted by atomic mass is 19.1. The molecule has 1 fully saturated rings. The van der Waals surface area contributed by atoms with E-state index in [0.717, 1.165) is 6.07 Å². The molecule has 0 amide bonds. The summed E-state index contributed by atoms with van der Waals surface area (Å²) >= 11 is 0. The van der Waals surface area contributed by atoms with E-state index in [1.54, 1.807) is 0 Å². The number of hydrogen-bond donors (Lipinski definition) is 2. The SMILES string of the molecule is COC1O[C@@H](CO)[C@@H](c2cc(F)ccc2C(=O)O)[C@H]1C. The average molecular weight is 284 g/mol. The topological polar surface area (TPSA) is 76.0 Å². The smallest absolute Gasteiger partial charge is 0.335 e.